The quantitative estimate of drug-likeness (QED) is 0.905. The van der Waals surface area contributed by atoms with Crippen molar-refractivity contribution in [1.29, 1.82) is 0 Å². The van der Waals surface area contributed by atoms with Crippen molar-refractivity contribution in [3.8, 4) is 0 Å². The largest absolute Gasteiger partial charge is 0.383 e. The lowest BCUT2D eigenvalue weighted by Gasteiger charge is -2.03. The van der Waals surface area contributed by atoms with Gasteiger partial charge >= 0.3 is 0 Å². The van der Waals surface area contributed by atoms with Crippen molar-refractivity contribution in [3.05, 3.63) is 40.3 Å². The Bertz CT molecular complexity index is 464. The van der Waals surface area contributed by atoms with E-state index in [9.17, 15) is 0 Å². The second kappa shape index (κ2) is 4.02. The first kappa shape index (κ1) is 10.2. The van der Waals surface area contributed by atoms with E-state index in [-0.39, 0.29) is 0 Å². The molecule has 0 saturated carbocycles. The van der Waals surface area contributed by atoms with E-state index in [1.54, 1.807) is 17.1 Å². The van der Waals surface area contributed by atoms with Crippen LogP contribution in [0, 0.1) is 6.92 Å². The summed E-state index contributed by atoms with van der Waals surface area (Å²) in [5.41, 5.74) is 7.92. The van der Waals surface area contributed by atoms with Crippen LogP contribution in [0.5, 0.6) is 0 Å². The molecule has 2 N–H and O–H groups in total. The number of rotatable bonds is 2. The molecule has 78 valence electrons. The van der Waals surface area contributed by atoms with Gasteiger partial charge in [0.1, 0.15) is 5.82 Å². The summed E-state index contributed by atoms with van der Waals surface area (Å²) in [6.45, 7) is 2.59. The van der Waals surface area contributed by atoms with Gasteiger partial charge in [0, 0.05) is 12.4 Å². The lowest BCUT2D eigenvalue weighted by Crippen LogP contribution is -2.05. The number of nitrogens with two attached hydrogens (primary N) is 1. The molecule has 15 heavy (non-hydrogen) atoms. The fraction of sp³-hybridized carbons (Fsp3) is 0.200. The van der Waals surface area contributed by atoms with Gasteiger partial charge in [-0.25, -0.2) is 4.68 Å². The normalized spacial score (nSPS) is 10.5. The SMILES string of the molecule is Cc1nn(Cc2ccncc2)c(N)c1Br. The third-order valence-electron chi connectivity index (χ3n) is 2.17. The van der Waals surface area contributed by atoms with Crippen molar-refractivity contribution < 1.29 is 0 Å². The van der Waals surface area contributed by atoms with Gasteiger partial charge < -0.3 is 5.73 Å². The maximum absolute atomic E-state index is 5.89. The number of anilines is 1. The van der Waals surface area contributed by atoms with Gasteiger partial charge in [0.2, 0.25) is 0 Å². The van der Waals surface area contributed by atoms with Gasteiger partial charge in [0.25, 0.3) is 0 Å². The Morgan fingerprint density at radius 1 is 1.40 bits per heavy atom. The third kappa shape index (κ3) is 2.02. The van der Waals surface area contributed by atoms with Gasteiger partial charge in [-0.3, -0.25) is 4.98 Å². The number of aromatic nitrogens is 3. The average Bonchev–Trinajstić information content (AvgIpc) is 2.48. The molecule has 0 atom stereocenters. The minimum Gasteiger partial charge on any atom is -0.383 e. The smallest absolute Gasteiger partial charge is 0.136 e. The summed E-state index contributed by atoms with van der Waals surface area (Å²) in [5.74, 6) is 0.657. The summed E-state index contributed by atoms with van der Waals surface area (Å²) in [6, 6.07) is 3.90. The molecule has 2 rings (SSSR count). The average molecular weight is 267 g/mol. The molecule has 0 aliphatic carbocycles. The molecule has 0 aliphatic heterocycles. The molecule has 5 heteroatoms. The molecule has 0 radical (unpaired) electrons. The minimum atomic E-state index is 0.657. The first-order chi connectivity index (χ1) is 7.18. The lowest BCUT2D eigenvalue weighted by atomic mass is 10.3. The van der Waals surface area contributed by atoms with E-state index in [4.69, 9.17) is 5.73 Å². The highest BCUT2D eigenvalue weighted by atomic mass is 79.9. The Hall–Kier alpha value is -1.36. The molecule has 0 spiro atoms. The van der Waals surface area contributed by atoms with E-state index < -0.39 is 0 Å². The zero-order valence-electron chi connectivity index (χ0n) is 8.31. The van der Waals surface area contributed by atoms with Gasteiger partial charge in [-0.05, 0) is 40.5 Å². The number of aryl methyl sites for hydroxylation is 1. The molecule has 4 nitrogen and oxygen atoms in total. The topological polar surface area (TPSA) is 56.7 Å². The molecule has 2 aromatic heterocycles. The second-order valence-corrected chi connectivity index (χ2v) is 4.09. The maximum atomic E-state index is 5.89. The Balaban J connectivity index is 2.29. The van der Waals surface area contributed by atoms with Gasteiger partial charge in [-0.1, -0.05) is 0 Å². The summed E-state index contributed by atoms with van der Waals surface area (Å²) in [7, 11) is 0. The van der Waals surface area contributed by atoms with E-state index in [0.717, 1.165) is 15.7 Å². The first-order valence-corrected chi connectivity index (χ1v) is 5.35. The number of nitrogens with zero attached hydrogens (tertiary/aromatic N) is 3. The van der Waals surface area contributed by atoms with Crippen molar-refractivity contribution >= 4 is 21.7 Å². The van der Waals surface area contributed by atoms with Crippen LogP contribution in [0.15, 0.2) is 29.0 Å². The van der Waals surface area contributed by atoms with Crippen LogP contribution in [0.3, 0.4) is 0 Å². The molecular formula is C10H11BrN4. The molecule has 0 unspecified atom stereocenters. The second-order valence-electron chi connectivity index (χ2n) is 3.30. The summed E-state index contributed by atoms with van der Waals surface area (Å²) in [6.07, 6.45) is 3.52. The van der Waals surface area contributed by atoms with Crippen LogP contribution in [0.2, 0.25) is 0 Å². The van der Waals surface area contributed by atoms with Crippen molar-refractivity contribution in [2.24, 2.45) is 0 Å². The molecular weight excluding hydrogens is 256 g/mol. The van der Waals surface area contributed by atoms with Crippen molar-refractivity contribution in [1.82, 2.24) is 14.8 Å². The van der Waals surface area contributed by atoms with E-state index in [1.165, 1.54) is 0 Å². The zero-order valence-corrected chi connectivity index (χ0v) is 9.90. The lowest BCUT2D eigenvalue weighted by molar-refractivity contribution is 0.688. The highest BCUT2D eigenvalue weighted by Gasteiger charge is 2.09. The van der Waals surface area contributed by atoms with E-state index in [0.29, 0.717) is 12.4 Å². The molecule has 0 amide bonds. The zero-order chi connectivity index (χ0) is 10.8. The van der Waals surface area contributed by atoms with Gasteiger partial charge in [0.15, 0.2) is 0 Å². The fourth-order valence-corrected chi connectivity index (χ4v) is 1.64. The Morgan fingerprint density at radius 3 is 2.60 bits per heavy atom. The van der Waals surface area contributed by atoms with Crippen LogP contribution in [0.25, 0.3) is 0 Å². The highest BCUT2D eigenvalue weighted by molar-refractivity contribution is 9.10. The number of hydrogen-bond acceptors (Lipinski definition) is 3. The number of nitrogen functional groups attached to an aromatic ring is 1. The Labute approximate surface area is 96.3 Å². The predicted octanol–water partition coefficient (Wildman–Crippen LogP) is 1.98. The molecule has 0 fully saturated rings. The number of pyridine rings is 1. The van der Waals surface area contributed by atoms with Gasteiger partial charge in [0.05, 0.1) is 16.7 Å². The summed E-state index contributed by atoms with van der Waals surface area (Å²) < 4.78 is 2.64. The molecule has 2 heterocycles. The highest BCUT2D eigenvalue weighted by Crippen LogP contribution is 2.23. The molecule has 0 bridgehead atoms. The minimum absolute atomic E-state index is 0.657. The van der Waals surface area contributed by atoms with Crippen LogP contribution in [0.4, 0.5) is 5.82 Å². The van der Waals surface area contributed by atoms with Crippen LogP contribution in [-0.2, 0) is 6.54 Å². The van der Waals surface area contributed by atoms with E-state index in [2.05, 4.69) is 26.0 Å². The summed E-state index contributed by atoms with van der Waals surface area (Å²) >= 11 is 3.39. The van der Waals surface area contributed by atoms with E-state index >= 15 is 0 Å². The Kier molecular flexibility index (Phi) is 2.73. The molecule has 2 aromatic rings. The van der Waals surface area contributed by atoms with Crippen molar-refractivity contribution in [2.75, 3.05) is 5.73 Å². The van der Waals surface area contributed by atoms with Crippen LogP contribution in [-0.4, -0.2) is 14.8 Å². The van der Waals surface area contributed by atoms with Crippen LogP contribution < -0.4 is 5.73 Å². The van der Waals surface area contributed by atoms with Crippen molar-refractivity contribution in [3.63, 3.8) is 0 Å². The molecule has 0 aromatic carbocycles. The summed E-state index contributed by atoms with van der Waals surface area (Å²) in [5, 5.41) is 4.33. The third-order valence-corrected chi connectivity index (χ3v) is 3.15. The monoisotopic (exact) mass is 266 g/mol. The van der Waals surface area contributed by atoms with Gasteiger partial charge in [-0.2, -0.15) is 5.10 Å². The van der Waals surface area contributed by atoms with Crippen LogP contribution in [0.1, 0.15) is 11.3 Å². The Morgan fingerprint density at radius 2 is 2.07 bits per heavy atom. The molecule has 0 aliphatic rings. The van der Waals surface area contributed by atoms with Gasteiger partial charge in [-0.15, -0.1) is 0 Å². The van der Waals surface area contributed by atoms with Crippen molar-refractivity contribution in [2.45, 2.75) is 13.5 Å². The standard InChI is InChI=1S/C10H11BrN4/c1-7-9(11)10(12)15(14-7)6-8-2-4-13-5-3-8/h2-5H,6,12H2,1H3. The van der Waals surface area contributed by atoms with Crippen LogP contribution >= 0.6 is 15.9 Å². The molecule has 0 saturated heterocycles. The number of hydrogen-bond donors (Lipinski definition) is 1. The van der Waals surface area contributed by atoms with E-state index in [1.807, 2.05) is 19.1 Å². The fourth-order valence-electron chi connectivity index (χ4n) is 1.36. The first-order valence-electron chi connectivity index (χ1n) is 4.56. The summed E-state index contributed by atoms with van der Waals surface area (Å²) in [4.78, 5) is 3.96. The number of halogens is 1. The predicted molar refractivity (Wildman–Crippen MR) is 62.4 cm³/mol. The maximum Gasteiger partial charge on any atom is 0.136 e.